The number of benzene rings is 1. The number of halogens is 1. The predicted molar refractivity (Wildman–Crippen MR) is 81.2 cm³/mol. The van der Waals surface area contributed by atoms with Gasteiger partial charge in [0.2, 0.25) is 0 Å². The van der Waals surface area contributed by atoms with Crippen LogP contribution in [0.25, 0.3) is 0 Å². The van der Waals surface area contributed by atoms with Crippen molar-refractivity contribution in [3.63, 3.8) is 0 Å². The highest BCUT2D eigenvalue weighted by Gasteiger charge is 2.24. The van der Waals surface area contributed by atoms with Crippen molar-refractivity contribution in [2.24, 2.45) is 11.7 Å². The van der Waals surface area contributed by atoms with Gasteiger partial charge in [-0.3, -0.25) is 0 Å². The van der Waals surface area contributed by atoms with Crippen molar-refractivity contribution in [1.29, 1.82) is 0 Å². The van der Waals surface area contributed by atoms with Crippen LogP contribution < -0.4 is 10.5 Å². The quantitative estimate of drug-likeness (QED) is 0.823. The van der Waals surface area contributed by atoms with E-state index in [1.54, 1.807) is 12.1 Å². The van der Waals surface area contributed by atoms with Gasteiger partial charge in [0, 0.05) is 18.7 Å². The van der Waals surface area contributed by atoms with Gasteiger partial charge in [-0.2, -0.15) is 0 Å². The molecule has 0 bridgehead atoms. The Balaban J connectivity index is 1.98. The zero-order valence-corrected chi connectivity index (χ0v) is 13.0. The van der Waals surface area contributed by atoms with Gasteiger partial charge in [0.05, 0.1) is 23.6 Å². The van der Waals surface area contributed by atoms with Crippen LogP contribution in [-0.4, -0.2) is 40.5 Å². The minimum Gasteiger partial charge on any atom is -0.489 e. The van der Waals surface area contributed by atoms with Crippen molar-refractivity contribution in [2.45, 2.75) is 11.3 Å². The van der Waals surface area contributed by atoms with Crippen molar-refractivity contribution in [3.8, 4) is 5.75 Å². The molecule has 0 amide bonds. The molecule has 0 aromatic heterocycles. The lowest BCUT2D eigenvalue weighted by Gasteiger charge is -2.10. The van der Waals surface area contributed by atoms with Crippen LogP contribution in [0.2, 0.25) is 0 Å². The second-order valence-electron chi connectivity index (χ2n) is 5.24. The lowest BCUT2D eigenvalue weighted by molar-refractivity contribution is 0.188. The van der Waals surface area contributed by atoms with E-state index in [0.29, 0.717) is 30.9 Å². The van der Waals surface area contributed by atoms with Crippen LogP contribution in [0.5, 0.6) is 5.75 Å². The third kappa shape index (κ3) is 4.53. The van der Waals surface area contributed by atoms with E-state index in [9.17, 15) is 12.8 Å². The summed E-state index contributed by atoms with van der Waals surface area (Å²) in [5, 5.41) is 0. The average molecular weight is 329 g/mol. The minimum absolute atomic E-state index is 0.0402. The molecule has 1 atom stereocenters. The Bertz CT molecular complexity index is 607. The van der Waals surface area contributed by atoms with Crippen molar-refractivity contribution in [3.05, 3.63) is 36.2 Å². The SMILES string of the molecule is NC/C(=C\F)COc1ccc(S(=O)(=O)C[C@@H]2CCOC2)cc1. The first-order valence-corrected chi connectivity index (χ1v) is 8.72. The first-order valence-electron chi connectivity index (χ1n) is 7.06. The molecule has 5 nitrogen and oxygen atoms in total. The molecule has 2 N–H and O–H groups in total. The molecule has 1 fully saturated rings. The van der Waals surface area contributed by atoms with Gasteiger partial charge in [0.25, 0.3) is 0 Å². The number of nitrogens with two attached hydrogens (primary N) is 1. The molecule has 122 valence electrons. The first-order chi connectivity index (χ1) is 10.5. The van der Waals surface area contributed by atoms with Gasteiger partial charge in [0.15, 0.2) is 9.84 Å². The Kier molecular flexibility index (Phi) is 5.93. The molecule has 1 aromatic rings. The second-order valence-corrected chi connectivity index (χ2v) is 7.28. The molecule has 7 heteroatoms. The fraction of sp³-hybridized carbons (Fsp3) is 0.467. The maximum Gasteiger partial charge on any atom is 0.178 e. The van der Waals surface area contributed by atoms with E-state index in [4.69, 9.17) is 15.2 Å². The molecule has 0 unspecified atom stereocenters. The summed E-state index contributed by atoms with van der Waals surface area (Å²) in [5.74, 6) is 0.619. The largest absolute Gasteiger partial charge is 0.489 e. The van der Waals surface area contributed by atoms with E-state index in [1.165, 1.54) is 12.1 Å². The molecule has 22 heavy (non-hydrogen) atoms. The topological polar surface area (TPSA) is 78.6 Å². The monoisotopic (exact) mass is 329 g/mol. The Labute approximate surface area is 129 Å². The number of hydrogen-bond donors (Lipinski definition) is 1. The third-order valence-electron chi connectivity index (χ3n) is 3.50. The smallest absolute Gasteiger partial charge is 0.178 e. The van der Waals surface area contributed by atoms with Crippen LogP contribution in [0.15, 0.2) is 41.1 Å². The van der Waals surface area contributed by atoms with Gasteiger partial charge in [-0.15, -0.1) is 0 Å². The van der Waals surface area contributed by atoms with Crippen LogP contribution in [0, 0.1) is 5.92 Å². The number of rotatable bonds is 7. The normalized spacial score (nSPS) is 19.4. The minimum atomic E-state index is -3.33. The van der Waals surface area contributed by atoms with Crippen LogP contribution in [0.1, 0.15) is 6.42 Å². The van der Waals surface area contributed by atoms with E-state index in [1.807, 2.05) is 0 Å². The van der Waals surface area contributed by atoms with Gasteiger partial charge in [-0.25, -0.2) is 12.8 Å². The van der Waals surface area contributed by atoms with Crippen LogP contribution in [0.3, 0.4) is 0 Å². The van der Waals surface area contributed by atoms with E-state index >= 15 is 0 Å². The highest BCUT2D eigenvalue weighted by Crippen LogP contribution is 2.22. The first kappa shape index (κ1) is 16.9. The molecule has 0 aliphatic carbocycles. The zero-order valence-electron chi connectivity index (χ0n) is 12.2. The summed E-state index contributed by atoms with van der Waals surface area (Å²) in [4.78, 5) is 0.256. The Morgan fingerprint density at radius 3 is 2.68 bits per heavy atom. The fourth-order valence-electron chi connectivity index (χ4n) is 2.18. The average Bonchev–Trinajstić information content (AvgIpc) is 3.01. The molecule has 0 saturated carbocycles. The summed E-state index contributed by atoms with van der Waals surface area (Å²) in [5.41, 5.74) is 5.66. The Morgan fingerprint density at radius 1 is 1.41 bits per heavy atom. The van der Waals surface area contributed by atoms with Crippen molar-refractivity contribution in [1.82, 2.24) is 0 Å². The maximum atomic E-state index is 12.4. The second kappa shape index (κ2) is 7.71. The van der Waals surface area contributed by atoms with Crippen LogP contribution in [0.4, 0.5) is 4.39 Å². The van der Waals surface area contributed by atoms with Crippen LogP contribution in [-0.2, 0) is 14.6 Å². The van der Waals surface area contributed by atoms with Gasteiger partial charge < -0.3 is 15.2 Å². The maximum absolute atomic E-state index is 12.4. The molecular formula is C15H20FNO4S. The number of hydrogen-bond acceptors (Lipinski definition) is 5. The molecule has 2 rings (SSSR count). The summed E-state index contributed by atoms with van der Waals surface area (Å²) in [7, 11) is -3.33. The fourth-order valence-corrected chi connectivity index (χ4v) is 3.80. The summed E-state index contributed by atoms with van der Waals surface area (Å²) < 4.78 is 47.5. The standard InChI is InChI=1S/C15H20FNO4S/c16-7-13(8-17)10-21-14-1-3-15(4-2-14)22(18,19)11-12-5-6-20-9-12/h1-4,7,12H,5-6,8-11,17H2/b13-7+/t12-/m1/s1. The molecule has 0 spiro atoms. The molecular weight excluding hydrogens is 309 g/mol. The molecule has 0 radical (unpaired) electrons. The van der Waals surface area contributed by atoms with E-state index in [0.717, 1.165) is 6.42 Å². The third-order valence-corrected chi connectivity index (χ3v) is 5.40. The predicted octanol–water partition coefficient (Wildman–Crippen LogP) is 1.69. The summed E-state index contributed by atoms with van der Waals surface area (Å²) in [6, 6.07) is 6.12. The molecule has 1 aliphatic heterocycles. The van der Waals surface area contributed by atoms with E-state index < -0.39 is 9.84 Å². The number of sulfone groups is 1. The van der Waals surface area contributed by atoms with Gasteiger partial charge in [-0.05, 0) is 36.6 Å². The van der Waals surface area contributed by atoms with E-state index in [-0.39, 0.29) is 29.7 Å². The van der Waals surface area contributed by atoms with Crippen molar-refractivity contribution in [2.75, 3.05) is 32.1 Å². The lowest BCUT2D eigenvalue weighted by Crippen LogP contribution is -2.16. The summed E-state index contributed by atoms with van der Waals surface area (Å²) in [6.07, 6.45) is 1.19. The van der Waals surface area contributed by atoms with Gasteiger partial charge in [0.1, 0.15) is 12.4 Å². The van der Waals surface area contributed by atoms with Gasteiger partial charge >= 0.3 is 0 Å². The number of ether oxygens (including phenoxy) is 2. The highest BCUT2D eigenvalue weighted by atomic mass is 32.2. The molecule has 1 aromatic carbocycles. The zero-order chi connectivity index (χ0) is 16.0. The van der Waals surface area contributed by atoms with Crippen molar-refractivity contribution < 1.29 is 22.3 Å². The molecule has 1 aliphatic rings. The Morgan fingerprint density at radius 2 is 2.14 bits per heavy atom. The molecule has 1 saturated heterocycles. The lowest BCUT2D eigenvalue weighted by atomic mass is 10.2. The summed E-state index contributed by atoms with van der Waals surface area (Å²) >= 11 is 0. The van der Waals surface area contributed by atoms with Crippen LogP contribution >= 0.6 is 0 Å². The van der Waals surface area contributed by atoms with Crippen molar-refractivity contribution >= 4 is 9.84 Å². The Hall–Kier alpha value is -1.44. The summed E-state index contributed by atoms with van der Waals surface area (Å²) in [6.45, 7) is 1.24. The molecule has 1 heterocycles. The van der Waals surface area contributed by atoms with E-state index in [2.05, 4.69) is 0 Å². The van der Waals surface area contributed by atoms with Gasteiger partial charge in [-0.1, -0.05) is 0 Å². The highest BCUT2D eigenvalue weighted by molar-refractivity contribution is 7.91.